The van der Waals surface area contributed by atoms with Crippen LogP contribution in [0, 0.1) is 5.92 Å². The van der Waals surface area contributed by atoms with Crippen molar-refractivity contribution in [3.8, 4) is 11.8 Å². The minimum Gasteiger partial charge on any atom is -0.475 e. The zero-order valence-electron chi connectivity index (χ0n) is 16.5. The molecule has 1 amide bonds. The van der Waals surface area contributed by atoms with Crippen molar-refractivity contribution in [2.24, 2.45) is 5.92 Å². The molecule has 172 valence electrons. The fourth-order valence-corrected chi connectivity index (χ4v) is 2.97. The Bertz CT molecular complexity index is 964. The second kappa shape index (κ2) is 8.36. The van der Waals surface area contributed by atoms with Crippen LogP contribution < -0.4 is 19.7 Å². The second-order valence-corrected chi connectivity index (χ2v) is 7.57. The molecule has 1 N–H and O–H groups in total. The Morgan fingerprint density at radius 2 is 2.00 bits per heavy atom. The van der Waals surface area contributed by atoms with E-state index in [4.69, 9.17) is 9.47 Å². The number of anilines is 1. The van der Waals surface area contributed by atoms with Crippen LogP contribution in [0.4, 0.5) is 32.6 Å². The molecule has 4 rings (SSSR count). The van der Waals surface area contributed by atoms with E-state index in [1.807, 2.05) is 0 Å². The smallest absolute Gasteiger partial charge is 0.414 e. The number of carbonyl (C=O) groups is 1. The van der Waals surface area contributed by atoms with E-state index in [9.17, 15) is 26.7 Å². The minimum absolute atomic E-state index is 0.0472. The van der Waals surface area contributed by atoms with Crippen LogP contribution in [0.15, 0.2) is 30.6 Å². The van der Waals surface area contributed by atoms with Crippen LogP contribution in [-0.4, -0.2) is 52.8 Å². The summed E-state index contributed by atoms with van der Waals surface area (Å²) in [6.07, 6.45) is -2.24. The molecule has 0 radical (unpaired) electrons. The maximum atomic E-state index is 13.4. The summed E-state index contributed by atoms with van der Waals surface area (Å²) in [5.74, 6) is -3.07. The van der Waals surface area contributed by atoms with Crippen molar-refractivity contribution in [1.82, 2.24) is 20.3 Å². The highest BCUT2D eigenvalue weighted by atomic mass is 19.4. The molecule has 1 aliphatic carbocycles. The largest absolute Gasteiger partial charge is 0.475 e. The highest BCUT2D eigenvalue weighted by Gasteiger charge is 2.46. The summed E-state index contributed by atoms with van der Waals surface area (Å²) in [4.78, 5) is 24.9. The van der Waals surface area contributed by atoms with Crippen LogP contribution in [-0.2, 0) is 0 Å². The Balaban J connectivity index is 1.47. The summed E-state index contributed by atoms with van der Waals surface area (Å²) in [7, 11) is 0. The zero-order chi connectivity index (χ0) is 22.9. The molecule has 2 fully saturated rings. The third-order valence-corrected chi connectivity index (χ3v) is 4.77. The third kappa shape index (κ3) is 5.32. The molecular weight excluding hydrogens is 441 g/mol. The maximum Gasteiger partial charge on any atom is 0.414 e. The molecule has 3 heterocycles. The zero-order valence-corrected chi connectivity index (χ0v) is 16.5. The Hall–Kier alpha value is -3.25. The Morgan fingerprint density at radius 3 is 2.59 bits per heavy atom. The van der Waals surface area contributed by atoms with Crippen molar-refractivity contribution in [2.45, 2.75) is 31.0 Å². The van der Waals surface area contributed by atoms with Crippen LogP contribution in [0.3, 0.4) is 0 Å². The lowest BCUT2D eigenvalue weighted by atomic mass is 10.1. The highest BCUT2D eigenvalue weighted by molar-refractivity contribution is 5.70. The standard InChI is InChI=1S/C19H18F5N5O3/c20-18(21)9-29(10-18)15-16(31-8-11-4-5-11)27-13(7-26-15)32-17(30)28-14(19(22,23)24)12-3-1-2-6-25-12/h1-3,6-7,11,14H,4-5,8-10H2,(H,28,30)/t14-/m1/s1. The third-order valence-electron chi connectivity index (χ3n) is 4.77. The number of rotatable bonds is 7. The summed E-state index contributed by atoms with van der Waals surface area (Å²) in [5.41, 5.74) is -0.425. The lowest BCUT2D eigenvalue weighted by molar-refractivity contribution is -0.156. The van der Waals surface area contributed by atoms with Gasteiger partial charge in [0.1, 0.15) is 0 Å². The van der Waals surface area contributed by atoms with E-state index in [1.165, 1.54) is 17.0 Å². The molecule has 0 aromatic carbocycles. The predicted molar refractivity (Wildman–Crippen MR) is 99.6 cm³/mol. The molecule has 8 nitrogen and oxygen atoms in total. The number of hydrogen-bond acceptors (Lipinski definition) is 7. The molecule has 13 heteroatoms. The van der Waals surface area contributed by atoms with Crippen LogP contribution in [0.25, 0.3) is 0 Å². The van der Waals surface area contributed by atoms with Crippen molar-refractivity contribution in [3.63, 3.8) is 0 Å². The first-order valence-electron chi connectivity index (χ1n) is 9.69. The van der Waals surface area contributed by atoms with E-state index < -0.39 is 48.9 Å². The van der Waals surface area contributed by atoms with E-state index in [0.717, 1.165) is 31.3 Å². The number of amides is 1. The van der Waals surface area contributed by atoms with Crippen LogP contribution >= 0.6 is 0 Å². The molecule has 32 heavy (non-hydrogen) atoms. The van der Waals surface area contributed by atoms with E-state index in [1.54, 1.807) is 5.32 Å². The number of alkyl halides is 5. The average Bonchev–Trinajstić information content (AvgIpc) is 3.53. The monoisotopic (exact) mass is 459 g/mol. The van der Waals surface area contributed by atoms with Gasteiger partial charge in [-0.2, -0.15) is 18.2 Å². The fraction of sp³-hybridized carbons (Fsp3) is 0.474. The lowest BCUT2D eigenvalue weighted by Crippen LogP contribution is -2.56. The van der Waals surface area contributed by atoms with E-state index in [2.05, 4.69) is 15.0 Å². The molecule has 1 atom stereocenters. The summed E-state index contributed by atoms with van der Waals surface area (Å²) >= 11 is 0. The highest BCUT2D eigenvalue weighted by Crippen LogP contribution is 2.37. The number of nitrogens with zero attached hydrogens (tertiary/aromatic N) is 4. The van der Waals surface area contributed by atoms with Gasteiger partial charge in [-0.15, -0.1) is 0 Å². The first kappa shape index (κ1) is 22.0. The van der Waals surface area contributed by atoms with Crippen LogP contribution in [0.1, 0.15) is 24.6 Å². The summed E-state index contributed by atoms with van der Waals surface area (Å²) in [5, 5.41) is 1.71. The van der Waals surface area contributed by atoms with Gasteiger partial charge in [-0.25, -0.2) is 18.6 Å². The van der Waals surface area contributed by atoms with Crippen molar-refractivity contribution >= 4 is 11.9 Å². The quantitative estimate of drug-likeness (QED) is 0.634. The average molecular weight is 459 g/mol. The van der Waals surface area contributed by atoms with Gasteiger partial charge in [0.2, 0.25) is 5.88 Å². The van der Waals surface area contributed by atoms with Gasteiger partial charge < -0.3 is 19.7 Å². The molecule has 1 aliphatic heterocycles. The fourth-order valence-electron chi connectivity index (χ4n) is 2.97. The van der Waals surface area contributed by atoms with Gasteiger partial charge in [0.05, 0.1) is 31.6 Å². The minimum atomic E-state index is -4.83. The van der Waals surface area contributed by atoms with Crippen molar-refractivity contribution in [2.75, 3.05) is 24.6 Å². The topological polar surface area (TPSA) is 89.5 Å². The Kier molecular flexibility index (Phi) is 5.73. The van der Waals surface area contributed by atoms with Crippen molar-refractivity contribution in [1.29, 1.82) is 0 Å². The number of ether oxygens (including phenoxy) is 2. The van der Waals surface area contributed by atoms with Gasteiger partial charge in [-0.05, 0) is 30.9 Å². The molecule has 0 bridgehead atoms. The number of pyridine rings is 1. The lowest BCUT2D eigenvalue weighted by Gasteiger charge is -2.39. The Morgan fingerprint density at radius 1 is 1.25 bits per heavy atom. The summed E-state index contributed by atoms with van der Waals surface area (Å²) in [6.45, 7) is -0.865. The van der Waals surface area contributed by atoms with Crippen molar-refractivity contribution in [3.05, 3.63) is 36.3 Å². The maximum absolute atomic E-state index is 13.4. The molecule has 1 saturated carbocycles. The van der Waals surface area contributed by atoms with Crippen LogP contribution in [0.5, 0.6) is 11.8 Å². The predicted octanol–water partition coefficient (Wildman–Crippen LogP) is 3.51. The van der Waals surface area contributed by atoms with E-state index in [0.29, 0.717) is 5.92 Å². The second-order valence-electron chi connectivity index (χ2n) is 7.57. The van der Waals surface area contributed by atoms with E-state index >= 15 is 0 Å². The normalized spacial score (nSPS) is 18.5. The van der Waals surface area contributed by atoms with Gasteiger partial charge in [0.25, 0.3) is 11.8 Å². The van der Waals surface area contributed by atoms with Gasteiger partial charge in [-0.3, -0.25) is 4.98 Å². The molecule has 1 saturated heterocycles. The number of carbonyl (C=O) groups excluding carboxylic acids is 1. The molecule has 2 aromatic heterocycles. The number of hydrogen-bond donors (Lipinski definition) is 1. The van der Waals surface area contributed by atoms with Crippen molar-refractivity contribution < 1.29 is 36.2 Å². The first-order chi connectivity index (χ1) is 15.1. The molecule has 2 aromatic rings. The van der Waals surface area contributed by atoms with Gasteiger partial charge in [0, 0.05) is 6.20 Å². The van der Waals surface area contributed by atoms with Crippen LogP contribution in [0.2, 0.25) is 0 Å². The van der Waals surface area contributed by atoms with Gasteiger partial charge in [0.15, 0.2) is 11.9 Å². The van der Waals surface area contributed by atoms with Gasteiger partial charge in [-0.1, -0.05) is 6.07 Å². The first-order valence-corrected chi connectivity index (χ1v) is 9.69. The number of halogens is 5. The Labute approximate surface area is 178 Å². The summed E-state index contributed by atoms with van der Waals surface area (Å²) < 4.78 is 77.0. The van der Waals surface area contributed by atoms with E-state index in [-0.39, 0.29) is 18.3 Å². The number of nitrogens with one attached hydrogen (secondary N) is 1. The molecular formula is C19H18F5N5O3. The van der Waals surface area contributed by atoms with Gasteiger partial charge >= 0.3 is 12.3 Å². The number of aromatic nitrogens is 3. The molecule has 2 aliphatic rings. The summed E-state index contributed by atoms with van der Waals surface area (Å²) in [6, 6.07) is 1.49. The molecule has 0 spiro atoms. The molecule has 0 unspecified atom stereocenters. The SMILES string of the molecule is O=C(N[C@H](c1ccccn1)C(F)(F)F)Oc1cnc(N2CC(F)(F)C2)c(OCC2CC2)n1.